The summed E-state index contributed by atoms with van der Waals surface area (Å²) in [6, 6.07) is 11.1. The Labute approximate surface area is 183 Å². The van der Waals surface area contributed by atoms with E-state index >= 15 is 0 Å². The summed E-state index contributed by atoms with van der Waals surface area (Å²) in [6.07, 6.45) is -1.49. The zero-order valence-electron chi connectivity index (χ0n) is 17.4. The molecular formula is C24H22F3NO4. The number of halogens is 3. The predicted molar refractivity (Wildman–Crippen MR) is 113 cm³/mol. The molecule has 0 radical (unpaired) electrons. The molecule has 0 saturated heterocycles. The highest BCUT2D eigenvalue weighted by Crippen LogP contribution is 2.28. The van der Waals surface area contributed by atoms with Crippen molar-refractivity contribution in [3.8, 4) is 23.3 Å². The number of carbonyl (C=O) groups excluding carboxylic acids is 1. The van der Waals surface area contributed by atoms with Crippen molar-refractivity contribution in [2.75, 3.05) is 13.2 Å². The van der Waals surface area contributed by atoms with Crippen LogP contribution in [0, 0.1) is 11.8 Å². The van der Waals surface area contributed by atoms with Gasteiger partial charge in [0.15, 0.2) is 0 Å². The molecule has 0 unspecified atom stereocenters. The molecule has 3 rings (SSSR count). The molecule has 0 fully saturated rings. The van der Waals surface area contributed by atoms with E-state index in [0.29, 0.717) is 37.4 Å². The molecule has 0 atom stereocenters. The summed E-state index contributed by atoms with van der Waals surface area (Å²) in [5.74, 6) is 6.01. The average molecular weight is 445 g/mol. The molecule has 0 spiro atoms. The maximum atomic E-state index is 12.2. The molecule has 3 aromatic rings. The number of carbonyl (C=O) groups is 1. The van der Waals surface area contributed by atoms with Gasteiger partial charge in [0.2, 0.25) is 0 Å². The van der Waals surface area contributed by atoms with E-state index in [1.54, 1.807) is 13.1 Å². The van der Waals surface area contributed by atoms with Gasteiger partial charge in [0, 0.05) is 23.6 Å². The third-order valence-electron chi connectivity index (χ3n) is 4.43. The number of rotatable bonds is 8. The molecule has 0 aliphatic rings. The summed E-state index contributed by atoms with van der Waals surface area (Å²) < 4.78 is 51.2. The standard InChI is InChI=1S/C24H22F3NO4/c1-2-30-22(29)15-18-16-28-23-20(18)8-6-9-21(23)31-14-5-3-4-7-17-10-12-19(13-11-17)32-24(25,26)27/h6,8-13,16,28H,2-3,5,14-15H2,1H3. The van der Waals surface area contributed by atoms with Gasteiger partial charge in [-0.15, -0.1) is 13.2 Å². The Balaban J connectivity index is 1.49. The Bertz CT molecular complexity index is 1110. The summed E-state index contributed by atoms with van der Waals surface area (Å²) in [5, 5.41) is 0.910. The van der Waals surface area contributed by atoms with Crippen molar-refractivity contribution in [2.24, 2.45) is 0 Å². The van der Waals surface area contributed by atoms with Crippen LogP contribution >= 0.6 is 0 Å². The highest BCUT2D eigenvalue weighted by atomic mass is 19.4. The fourth-order valence-corrected chi connectivity index (χ4v) is 3.07. The van der Waals surface area contributed by atoms with Gasteiger partial charge < -0.3 is 19.2 Å². The average Bonchev–Trinajstić information content (AvgIpc) is 3.14. The van der Waals surface area contributed by atoms with Crippen LogP contribution in [0.1, 0.15) is 30.9 Å². The quantitative estimate of drug-likeness (QED) is 0.287. The van der Waals surface area contributed by atoms with Crippen molar-refractivity contribution < 1.29 is 32.2 Å². The van der Waals surface area contributed by atoms with Gasteiger partial charge in [-0.2, -0.15) is 0 Å². The molecule has 5 nitrogen and oxygen atoms in total. The number of unbranched alkanes of at least 4 members (excludes halogenated alkanes) is 1. The number of nitrogens with one attached hydrogen (secondary N) is 1. The van der Waals surface area contributed by atoms with E-state index in [1.165, 1.54) is 24.3 Å². The maximum absolute atomic E-state index is 12.2. The second-order valence-corrected chi connectivity index (χ2v) is 6.80. The third-order valence-corrected chi connectivity index (χ3v) is 4.43. The lowest BCUT2D eigenvalue weighted by molar-refractivity contribution is -0.274. The second-order valence-electron chi connectivity index (χ2n) is 6.80. The molecule has 0 bridgehead atoms. The third kappa shape index (κ3) is 6.71. The first-order valence-corrected chi connectivity index (χ1v) is 10.1. The second kappa shape index (κ2) is 10.6. The van der Waals surface area contributed by atoms with Crippen LogP contribution in [0.15, 0.2) is 48.7 Å². The van der Waals surface area contributed by atoms with E-state index in [0.717, 1.165) is 16.5 Å². The van der Waals surface area contributed by atoms with Crippen molar-refractivity contribution in [1.29, 1.82) is 0 Å². The number of aromatic nitrogens is 1. The van der Waals surface area contributed by atoms with Crippen molar-refractivity contribution in [2.45, 2.75) is 32.5 Å². The fraction of sp³-hybridized carbons (Fsp3) is 0.292. The Morgan fingerprint density at radius 2 is 1.91 bits per heavy atom. The number of aromatic amines is 1. The van der Waals surface area contributed by atoms with E-state index in [2.05, 4.69) is 21.6 Å². The zero-order chi connectivity index (χ0) is 23.0. The minimum atomic E-state index is -4.71. The summed E-state index contributed by atoms with van der Waals surface area (Å²) in [5.41, 5.74) is 2.27. The molecule has 1 heterocycles. The number of hydrogen-bond acceptors (Lipinski definition) is 4. The molecule has 0 aliphatic heterocycles. The molecule has 1 N–H and O–H groups in total. The van der Waals surface area contributed by atoms with Crippen LogP contribution in [-0.2, 0) is 16.0 Å². The highest BCUT2D eigenvalue weighted by Gasteiger charge is 2.30. The Morgan fingerprint density at radius 3 is 2.62 bits per heavy atom. The number of fused-ring (bicyclic) bond motifs is 1. The van der Waals surface area contributed by atoms with E-state index < -0.39 is 6.36 Å². The van der Waals surface area contributed by atoms with Crippen LogP contribution in [-0.4, -0.2) is 30.5 Å². The molecule has 8 heteroatoms. The van der Waals surface area contributed by atoms with Gasteiger partial charge in [-0.1, -0.05) is 24.0 Å². The highest BCUT2D eigenvalue weighted by molar-refractivity contribution is 5.91. The van der Waals surface area contributed by atoms with Crippen molar-refractivity contribution in [3.63, 3.8) is 0 Å². The Morgan fingerprint density at radius 1 is 1.12 bits per heavy atom. The van der Waals surface area contributed by atoms with Crippen molar-refractivity contribution in [1.82, 2.24) is 4.98 Å². The van der Waals surface area contributed by atoms with E-state index in [1.807, 2.05) is 18.2 Å². The number of alkyl halides is 3. The lowest BCUT2D eigenvalue weighted by atomic mass is 10.1. The van der Waals surface area contributed by atoms with Crippen LogP contribution in [0.2, 0.25) is 0 Å². The molecule has 168 valence electrons. The van der Waals surface area contributed by atoms with Gasteiger partial charge in [0.05, 0.1) is 25.2 Å². The molecular weight excluding hydrogens is 423 g/mol. The number of H-pyrrole nitrogens is 1. The topological polar surface area (TPSA) is 60.6 Å². The van der Waals surface area contributed by atoms with E-state index in [9.17, 15) is 18.0 Å². The van der Waals surface area contributed by atoms with Crippen molar-refractivity contribution in [3.05, 3.63) is 59.8 Å². The maximum Gasteiger partial charge on any atom is 0.573 e. The first-order valence-electron chi connectivity index (χ1n) is 10.1. The first kappa shape index (κ1) is 23.1. The number of hydrogen-bond donors (Lipinski definition) is 1. The first-order chi connectivity index (χ1) is 15.4. The van der Waals surface area contributed by atoms with Gasteiger partial charge in [-0.25, -0.2) is 0 Å². The van der Waals surface area contributed by atoms with Crippen LogP contribution in [0.4, 0.5) is 13.2 Å². The number of esters is 1. The lowest BCUT2D eigenvalue weighted by Gasteiger charge is -2.08. The number of benzene rings is 2. The summed E-state index contributed by atoms with van der Waals surface area (Å²) in [4.78, 5) is 14.9. The van der Waals surface area contributed by atoms with E-state index in [4.69, 9.17) is 9.47 Å². The smallest absolute Gasteiger partial charge is 0.491 e. The monoisotopic (exact) mass is 445 g/mol. The van der Waals surface area contributed by atoms with Gasteiger partial charge in [-0.3, -0.25) is 4.79 Å². The molecule has 1 aromatic heterocycles. The molecule has 0 amide bonds. The minimum absolute atomic E-state index is 0.191. The van der Waals surface area contributed by atoms with Crippen LogP contribution < -0.4 is 9.47 Å². The van der Waals surface area contributed by atoms with Crippen LogP contribution in [0.3, 0.4) is 0 Å². The minimum Gasteiger partial charge on any atom is -0.491 e. The summed E-state index contributed by atoms with van der Waals surface area (Å²) >= 11 is 0. The van der Waals surface area contributed by atoms with Gasteiger partial charge >= 0.3 is 12.3 Å². The van der Waals surface area contributed by atoms with Gasteiger partial charge in [0.1, 0.15) is 11.5 Å². The zero-order valence-corrected chi connectivity index (χ0v) is 17.4. The van der Waals surface area contributed by atoms with Crippen LogP contribution in [0.25, 0.3) is 10.9 Å². The summed E-state index contributed by atoms with van der Waals surface area (Å²) in [7, 11) is 0. The lowest BCUT2D eigenvalue weighted by Crippen LogP contribution is -2.16. The van der Waals surface area contributed by atoms with Gasteiger partial charge in [0.25, 0.3) is 0 Å². The molecule has 0 saturated carbocycles. The molecule has 2 aromatic carbocycles. The summed E-state index contributed by atoms with van der Waals surface area (Å²) in [6.45, 7) is 2.56. The fourth-order valence-electron chi connectivity index (χ4n) is 3.07. The largest absolute Gasteiger partial charge is 0.573 e. The van der Waals surface area contributed by atoms with Crippen molar-refractivity contribution >= 4 is 16.9 Å². The predicted octanol–water partition coefficient (Wildman–Crippen LogP) is 5.38. The Hall–Kier alpha value is -3.60. The number of ether oxygens (including phenoxy) is 3. The van der Waals surface area contributed by atoms with Crippen LogP contribution in [0.5, 0.6) is 11.5 Å². The van der Waals surface area contributed by atoms with E-state index in [-0.39, 0.29) is 18.1 Å². The normalized spacial score (nSPS) is 11.0. The molecule has 0 aliphatic carbocycles. The van der Waals surface area contributed by atoms with Gasteiger partial charge in [-0.05, 0) is 49.2 Å². The SMILES string of the molecule is CCOC(=O)Cc1c[nH]c2c(OCCCC#Cc3ccc(OC(F)(F)F)cc3)cccc12. The molecule has 32 heavy (non-hydrogen) atoms. The Kier molecular flexibility index (Phi) is 7.66. The number of para-hydroxylation sites is 1.